The van der Waals surface area contributed by atoms with E-state index in [9.17, 15) is 4.79 Å². The Kier molecular flexibility index (Phi) is 5.63. The Bertz CT molecular complexity index is 413. The molecule has 0 heterocycles. The molecule has 0 unspecified atom stereocenters. The van der Waals surface area contributed by atoms with E-state index in [1.54, 1.807) is 11.8 Å². The van der Waals surface area contributed by atoms with Gasteiger partial charge in [0.1, 0.15) is 5.75 Å². The van der Waals surface area contributed by atoms with E-state index in [2.05, 4.69) is 6.08 Å². The first-order valence-electron chi connectivity index (χ1n) is 5.32. The van der Waals surface area contributed by atoms with Gasteiger partial charge in [-0.25, -0.2) is 4.79 Å². The lowest BCUT2D eigenvalue weighted by Gasteiger charge is -2.08. The zero-order valence-corrected chi connectivity index (χ0v) is 10.8. The Morgan fingerprint density at radius 3 is 2.88 bits per heavy atom. The SMILES string of the molecule is CC=CCSc1ccc(OCC(=O)O)c(C)c1. The molecule has 0 aromatic heterocycles. The summed E-state index contributed by atoms with van der Waals surface area (Å²) in [6.07, 6.45) is 4.11. The second-order valence-electron chi connectivity index (χ2n) is 3.49. The van der Waals surface area contributed by atoms with Crippen LogP contribution in [0.25, 0.3) is 0 Å². The molecule has 0 spiro atoms. The van der Waals surface area contributed by atoms with Gasteiger partial charge in [0, 0.05) is 10.6 Å². The number of carbonyl (C=O) groups is 1. The summed E-state index contributed by atoms with van der Waals surface area (Å²) in [5, 5.41) is 8.53. The maximum absolute atomic E-state index is 10.4. The van der Waals surface area contributed by atoms with Gasteiger partial charge in [0.15, 0.2) is 6.61 Å². The van der Waals surface area contributed by atoms with Crippen molar-refractivity contribution in [2.75, 3.05) is 12.4 Å². The van der Waals surface area contributed by atoms with Crippen molar-refractivity contribution in [3.63, 3.8) is 0 Å². The number of hydrogen-bond acceptors (Lipinski definition) is 3. The third-order valence-electron chi connectivity index (χ3n) is 2.08. The molecule has 0 saturated heterocycles. The first-order chi connectivity index (χ1) is 8.13. The van der Waals surface area contributed by atoms with Gasteiger partial charge in [0.2, 0.25) is 0 Å². The van der Waals surface area contributed by atoms with Crippen LogP contribution in [0.4, 0.5) is 0 Å². The van der Waals surface area contributed by atoms with Crippen LogP contribution in [0, 0.1) is 6.92 Å². The number of allylic oxidation sites excluding steroid dienone is 1. The van der Waals surface area contributed by atoms with Crippen molar-refractivity contribution < 1.29 is 14.6 Å². The molecule has 17 heavy (non-hydrogen) atoms. The molecule has 1 aromatic carbocycles. The summed E-state index contributed by atoms with van der Waals surface area (Å²) in [4.78, 5) is 11.5. The highest BCUT2D eigenvalue weighted by Gasteiger charge is 2.03. The number of rotatable bonds is 6. The molecule has 1 rings (SSSR count). The number of carboxylic acids is 1. The molecule has 0 fully saturated rings. The van der Waals surface area contributed by atoms with Gasteiger partial charge in [-0.2, -0.15) is 0 Å². The molecule has 0 amide bonds. The van der Waals surface area contributed by atoms with E-state index in [0.717, 1.165) is 16.2 Å². The van der Waals surface area contributed by atoms with Gasteiger partial charge in [-0.3, -0.25) is 0 Å². The minimum absolute atomic E-state index is 0.300. The summed E-state index contributed by atoms with van der Waals surface area (Å²) in [6, 6.07) is 5.76. The number of aliphatic carboxylic acids is 1. The predicted molar refractivity (Wildman–Crippen MR) is 69.8 cm³/mol. The average Bonchev–Trinajstić information content (AvgIpc) is 2.28. The lowest BCUT2D eigenvalue weighted by Crippen LogP contribution is -2.09. The maximum Gasteiger partial charge on any atom is 0.341 e. The smallest absolute Gasteiger partial charge is 0.341 e. The second kappa shape index (κ2) is 7.01. The highest BCUT2D eigenvalue weighted by Crippen LogP contribution is 2.25. The number of hydrogen-bond donors (Lipinski definition) is 1. The molecule has 0 radical (unpaired) electrons. The fourth-order valence-corrected chi connectivity index (χ4v) is 2.16. The monoisotopic (exact) mass is 252 g/mol. The van der Waals surface area contributed by atoms with E-state index < -0.39 is 5.97 Å². The Morgan fingerprint density at radius 2 is 2.29 bits per heavy atom. The lowest BCUT2D eigenvalue weighted by molar-refractivity contribution is -0.139. The van der Waals surface area contributed by atoms with Crippen LogP contribution in [-0.4, -0.2) is 23.4 Å². The fourth-order valence-electron chi connectivity index (χ4n) is 1.25. The van der Waals surface area contributed by atoms with Crippen LogP contribution in [0.5, 0.6) is 5.75 Å². The van der Waals surface area contributed by atoms with Crippen molar-refractivity contribution in [2.24, 2.45) is 0 Å². The summed E-state index contributed by atoms with van der Waals surface area (Å²) < 4.78 is 5.16. The Balaban J connectivity index is 2.62. The van der Waals surface area contributed by atoms with Crippen LogP contribution in [0.3, 0.4) is 0 Å². The van der Waals surface area contributed by atoms with Gasteiger partial charge in [0.25, 0.3) is 0 Å². The van der Waals surface area contributed by atoms with Crippen molar-refractivity contribution in [3.8, 4) is 5.75 Å². The van der Waals surface area contributed by atoms with Gasteiger partial charge in [-0.1, -0.05) is 12.2 Å². The zero-order chi connectivity index (χ0) is 12.7. The molecule has 1 N–H and O–H groups in total. The van der Waals surface area contributed by atoms with Crippen LogP contribution in [0.2, 0.25) is 0 Å². The third kappa shape index (κ3) is 4.95. The fraction of sp³-hybridized carbons (Fsp3) is 0.308. The van der Waals surface area contributed by atoms with Crippen molar-refractivity contribution in [2.45, 2.75) is 18.7 Å². The third-order valence-corrected chi connectivity index (χ3v) is 3.03. The van der Waals surface area contributed by atoms with Crippen LogP contribution in [0.1, 0.15) is 12.5 Å². The van der Waals surface area contributed by atoms with E-state index >= 15 is 0 Å². The zero-order valence-electron chi connectivity index (χ0n) is 9.97. The minimum Gasteiger partial charge on any atom is -0.482 e. The van der Waals surface area contributed by atoms with Gasteiger partial charge >= 0.3 is 5.97 Å². The van der Waals surface area contributed by atoms with Gasteiger partial charge in [-0.05, 0) is 37.6 Å². The summed E-state index contributed by atoms with van der Waals surface area (Å²) in [5.74, 6) is 0.601. The summed E-state index contributed by atoms with van der Waals surface area (Å²) >= 11 is 1.73. The maximum atomic E-state index is 10.4. The molecule has 92 valence electrons. The number of carboxylic acid groups (broad SMARTS) is 1. The molecular weight excluding hydrogens is 236 g/mol. The summed E-state index contributed by atoms with van der Waals surface area (Å²) in [6.45, 7) is 3.61. The second-order valence-corrected chi connectivity index (χ2v) is 4.58. The molecule has 1 aromatic rings. The molecule has 0 aliphatic carbocycles. The summed E-state index contributed by atoms with van der Waals surface area (Å²) in [5.41, 5.74) is 0.955. The van der Waals surface area contributed by atoms with E-state index in [4.69, 9.17) is 9.84 Å². The molecule has 0 aliphatic rings. The standard InChI is InChI=1S/C13H16O3S/c1-3-4-7-17-11-5-6-12(10(2)8-11)16-9-13(14)15/h3-6,8H,7,9H2,1-2H3,(H,14,15). The van der Waals surface area contributed by atoms with Crippen molar-refractivity contribution in [3.05, 3.63) is 35.9 Å². The highest BCUT2D eigenvalue weighted by molar-refractivity contribution is 7.99. The van der Waals surface area contributed by atoms with Crippen LogP contribution < -0.4 is 4.74 Å². The minimum atomic E-state index is -0.962. The van der Waals surface area contributed by atoms with Crippen LogP contribution in [-0.2, 0) is 4.79 Å². The van der Waals surface area contributed by atoms with Crippen molar-refractivity contribution >= 4 is 17.7 Å². The Hall–Kier alpha value is -1.42. The van der Waals surface area contributed by atoms with Gasteiger partial charge in [-0.15, -0.1) is 11.8 Å². The van der Waals surface area contributed by atoms with E-state index in [0.29, 0.717) is 5.75 Å². The topological polar surface area (TPSA) is 46.5 Å². The first kappa shape index (κ1) is 13.6. The van der Waals surface area contributed by atoms with Crippen molar-refractivity contribution in [1.29, 1.82) is 0 Å². The van der Waals surface area contributed by atoms with Gasteiger partial charge in [0.05, 0.1) is 0 Å². The predicted octanol–water partition coefficient (Wildman–Crippen LogP) is 3.13. The highest BCUT2D eigenvalue weighted by atomic mass is 32.2. The normalized spacial score (nSPS) is 10.7. The Labute approximate surface area is 105 Å². The van der Waals surface area contributed by atoms with E-state index in [1.165, 1.54) is 0 Å². The lowest BCUT2D eigenvalue weighted by atomic mass is 10.2. The van der Waals surface area contributed by atoms with Crippen LogP contribution >= 0.6 is 11.8 Å². The van der Waals surface area contributed by atoms with E-state index in [1.807, 2.05) is 38.1 Å². The largest absolute Gasteiger partial charge is 0.482 e. The van der Waals surface area contributed by atoms with Crippen LogP contribution in [0.15, 0.2) is 35.2 Å². The average molecular weight is 252 g/mol. The van der Waals surface area contributed by atoms with E-state index in [-0.39, 0.29) is 6.61 Å². The molecule has 0 bridgehead atoms. The molecule has 4 heteroatoms. The Morgan fingerprint density at radius 1 is 1.53 bits per heavy atom. The first-order valence-corrected chi connectivity index (χ1v) is 6.31. The molecule has 0 atom stereocenters. The quantitative estimate of drug-likeness (QED) is 0.624. The van der Waals surface area contributed by atoms with Gasteiger partial charge < -0.3 is 9.84 Å². The number of benzene rings is 1. The molecule has 0 saturated carbocycles. The molecular formula is C13H16O3S. The van der Waals surface area contributed by atoms with Crippen molar-refractivity contribution in [1.82, 2.24) is 0 Å². The summed E-state index contributed by atoms with van der Waals surface area (Å²) in [7, 11) is 0. The molecule has 3 nitrogen and oxygen atoms in total. The number of aryl methyl sites for hydroxylation is 1. The molecule has 0 aliphatic heterocycles. The number of ether oxygens (including phenoxy) is 1. The number of thioether (sulfide) groups is 1.